The predicted molar refractivity (Wildman–Crippen MR) is 78.9 cm³/mol. The third-order valence-corrected chi connectivity index (χ3v) is 3.05. The van der Waals surface area contributed by atoms with Crippen molar-refractivity contribution < 1.29 is 19.4 Å². The minimum atomic E-state index is -1.00. The van der Waals surface area contributed by atoms with Crippen LogP contribution in [0.4, 0.5) is 0 Å². The van der Waals surface area contributed by atoms with Crippen LogP contribution in [0.2, 0.25) is 0 Å². The lowest BCUT2D eigenvalue weighted by Gasteiger charge is -2.06. The number of benzene rings is 1. The van der Waals surface area contributed by atoms with Gasteiger partial charge in [-0.25, -0.2) is 9.78 Å². The molecule has 7 heteroatoms. The lowest BCUT2D eigenvalue weighted by Crippen LogP contribution is -2.23. The van der Waals surface area contributed by atoms with E-state index >= 15 is 0 Å². The summed E-state index contributed by atoms with van der Waals surface area (Å²) in [5, 5.41) is 11.9. The zero-order valence-corrected chi connectivity index (χ0v) is 12.2. The Balaban J connectivity index is 2.06. The largest absolute Gasteiger partial charge is 0.478 e. The van der Waals surface area contributed by atoms with Crippen LogP contribution < -0.4 is 5.32 Å². The van der Waals surface area contributed by atoms with Crippen molar-refractivity contribution in [3.05, 3.63) is 48.0 Å². The van der Waals surface area contributed by atoms with Gasteiger partial charge in [0.15, 0.2) is 0 Å². The molecule has 0 saturated heterocycles. The van der Waals surface area contributed by atoms with E-state index in [4.69, 9.17) is 4.74 Å². The molecule has 0 atom stereocenters. The fourth-order valence-electron chi connectivity index (χ4n) is 1.94. The van der Waals surface area contributed by atoms with Gasteiger partial charge >= 0.3 is 5.97 Å². The number of imidazole rings is 1. The molecule has 22 heavy (non-hydrogen) atoms. The summed E-state index contributed by atoms with van der Waals surface area (Å²) in [6.45, 7) is 0.650. The third-order valence-electron chi connectivity index (χ3n) is 3.05. The van der Waals surface area contributed by atoms with Crippen LogP contribution in [0.1, 0.15) is 22.5 Å². The van der Waals surface area contributed by atoms with Crippen molar-refractivity contribution in [1.82, 2.24) is 14.9 Å². The fourth-order valence-corrected chi connectivity index (χ4v) is 1.94. The number of nitrogens with one attached hydrogen (secondary N) is 1. The second kappa shape index (κ2) is 7.37. The molecule has 0 bridgehead atoms. The minimum absolute atomic E-state index is 0.123. The molecule has 2 aromatic rings. The number of amides is 1. The van der Waals surface area contributed by atoms with Gasteiger partial charge in [-0.3, -0.25) is 4.79 Å². The topological polar surface area (TPSA) is 93.5 Å². The highest BCUT2D eigenvalue weighted by Gasteiger charge is 2.11. The zero-order chi connectivity index (χ0) is 15.9. The monoisotopic (exact) mass is 303 g/mol. The van der Waals surface area contributed by atoms with E-state index in [1.165, 1.54) is 19.5 Å². The summed E-state index contributed by atoms with van der Waals surface area (Å²) in [4.78, 5) is 26.9. The molecular weight excluding hydrogens is 286 g/mol. The number of carbonyl (C=O) groups excluding carboxylic acids is 1. The second-order valence-corrected chi connectivity index (χ2v) is 4.61. The Morgan fingerprint density at radius 3 is 2.86 bits per heavy atom. The molecule has 1 heterocycles. The molecule has 0 aliphatic carbocycles. The molecule has 2 N–H and O–H groups in total. The number of nitrogens with zero attached hydrogens (tertiary/aromatic N) is 2. The van der Waals surface area contributed by atoms with E-state index in [9.17, 15) is 14.7 Å². The van der Waals surface area contributed by atoms with Gasteiger partial charge in [-0.05, 0) is 12.1 Å². The van der Waals surface area contributed by atoms with Crippen LogP contribution in [0.3, 0.4) is 0 Å². The third kappa shape index (κ3) is 3.92. The first-order valence-corrected chi connectivity index (χ1v) is 6.73. The Hall–Kier alpha value is -2.67. The predicted octanol–water partition coefficient (Wildman–Crippen LogP) is 1.22. The van der Waals surface area contributed by atoms with Crippen molar-refractivity contribution in [3.63, 3.8) is 0 Å². The van der Waals surface area contributed by atoms with Crippen molar-refractivity contribution in [2.24, 2.45) is 0 Å². The maximum atomic E-state index is 11.5. The second-order valence-electron chi connectivity index (χ2n) is 4.61. The summed E-state index contributed by atoms with van der Waals surface area (Å²) in [5.74, 6) is -1.12. The molecule has 116 valence electrons. The zero-order valence-electron chi connectivity index (χ0n) is 12.2. The summed E-state index contributed by atoms with van der Waals surface area (Å²) >= 11 is 0. The van der Waals surface area contributed by atoms with Crippen LogP contribution in [0.25, 0.3) is 5.69 Å². The number of hydrogen-bond donors (Lipinski definition) is 2. The van der Waals surface area contributed by atoms with Crippen molar-refractivity contribution in [1.29, 1.82) is 0 Å². The summed E-state index contributed by atoms with van der Waals surface area (Å²) in [6.07, 6.45) is 3.51. The average molecular weight is 303 g/mol. The van der Waals surface area contributed by atoms with Crippen LogP contribution in [-0.2, 0) is 16.1 Å². The molecule has 1 aromatic heterocycles. The molecule has 0 aliphatic heterocycles. The van der Waals surface area contributed by atoms with E-state index in [-0.39, 0.29) is 18.0 Å². The van der Waals surface area contributed by atoms with Crippen LogP contribution in [0, 0.1) is 0 Å². The highest BCUT2D eigenvalue weighted by Crippen LogP contribution is 2.15. The number of ether oxygens (including phenoxy) is 1. The number of carboxylic acid groups (broad SMARTS) is 1. The van der Waals surface area contributed by atoms with Gasteiger partial charge < -0.3 is 19.7 Å². The lowest BCUT2D eigenvalue weighted by molar-refractivity contribution is -0.122. The number of aromatic carboxylic acids is 1. The molecule has 0 fully saturated rings. The number of rotatable bonds is 7. The molecule has 2 rings (SSSR count). The van der Waals surface area contributed by atoms with Crippen LogP contribution in [0.5, 0.6) is 0 Å². The Kier molecular flexibility index (Phi) is 5.26. The minimum Gasteiger partial charge on any atom is -0.478 e. The molecule has 0 spiro atoms. The SMILES string of the molecule is COCCC(=O)NCc1cn(-c2ccccc2C(=O)O)cn1. The first-order chi connectivity index (χ1) is 10.6. The molecule has 0 unspecified atom stereocenters. The van der Waals surface area contributed by atoms with Crippen molar-refractivity contribution in [2.75, 3.05) is 13.7 Å². The smallest absolute Gasteiger partial charge is 0.337 e. The van der Waals surface area contributed by atoms with Crippen molar-refractivity contribution >= 4 is 11.9 Å². The highest BCUT2D eigenvalue weighted by molar-refractivity contribution is 5.91. The summed E-state index contributed by atoms with van der Waals surface area (Å²) in [5.41, 5.74) is 1.36. The first kappa shape index (κ1) is 15.7. The number of hydrogen-bond acceptors (Lipinski definition) is 4. The maximum Gasteiger partial charge on any atom is 0.337 e. The molecule has 1 aromatic carbocycles. The molecule has 0 radical (unpaired) electrons. The van der Waals surface area contributed by atoms with Crippen LogP contribution in [0.15, 0.2) is 36.8 Å². The normalized spacial score (nSPS) is 10.4. The highest BCUT2D eigenvalue weighted by atomic mass is 16.5. The maximum absolute atomic E-state index is 11.5. The van der Waals surface area contributed by atoms with Gasteiger partial charge in [-0.1, -0.05) is 12.1 Å². The number of aromatic nitrogens is 2. The van der Waals surface area contributed by atoms with Gasteiger partial charge in [-0.15, -0.1) is 0 Å². The van der Waals surface area contributed by atoms with Crippen molar-refractivity contribution in [3.8, 4) is 5.69 Å². The standard InChI is InChI=1S/C15H17N3O4/c1-22-7-6-14(19)16-8-11-9-18(10-17-11)13-5-3-2-4-12(13)15(20)21/h2-5,9-10H,6-8H2,1H3,(H,16,19)(H,20,21). The Labute approximate surface area is 127 Å². The van der Waals surface area contributed by atoms with Gasteiger partial charge in [0.25, 0.3) is 0 Å². The van der Waals surface area contributed by atoms with Crippen LogP contribution in [-0.4, -0.2) is 40.3 Å². The van der Waals surface area contributed by atoms with E-state index in [1.807, 2.05) is 0 Å². The summed E-state index contributed by atoms with van der Waals surface area (Å²) < 4.78 is 6.45. The molecule has 7 nitrogen and oxygen atoms in total. The fraction of sp³-hybridized carbons (Fsp3) is 0.267. The average Bonchev–Trinajstić information content (AvgIpc) is 2.99. The Morgan fingerprint density at radius 1 is 1.36 bits per heavy atom. The van der Waals surface area contributed by atoms with E-state index in [0.29, 0.717) is 24.4 Å². The number of methoxy groups -OCH3 is 1. The molecule has 0 aliphatic rings. The number of carbonyl (C=O) groups is 2. The quantitative estimate of drug-likeness (QED) is 0.802. The number of para-hydroxylation sites is 1. The van der Waals surface area contributed by atoms with Crippen LogP contribution >= 0.6 is 0 Å². The van der Waals surface area contributed by atoms with Gasteiger partial charge in [0.05, 0.1) is 36.4 Å². The van der Waals surface area contributed by atoms with Gasteiger partial charge in [0.1, 0.15) is 0 Å². The van der Waals surface area contributed by atoms with Gasteiger partial charge in [0, 0.05) is 19.7 Å². The first-order valence-electron chi connectivity index (χ1n) is 6.73. The number of carboxylic acids is 1. The van der Waals surface area contributed by atoms with E-state index in [0.717, 1.165) is 0 Å². The molecule has 0 saturated carbocycles. The summed E-state index contributed by atoms with van der Waals surface area (Å²) in [6, 6.07) is 6.66. The van der Waals surface area contributed by atoms with Gasteiger partial charge in [0.2, 0.25) is 5.91 Å². The van der Waals surface area contributed by atoms with Crippen molar-refractivity contribution in [2.45, 2.75) is 13.0 Å². The Bertz CT molecular complexity index is 666. The molecular formula is C15H17N3O4. The molecule has 1 amide bonds. The van der Waals surface area contributed by atoms with E-state index in [1.54, 1.807) is 29.0 Å². The van der Waals surface area contributed by atoms with Gasteiger partial charge in [-0.2, -0.15) is 0 Å². The summed E-state index contributed by atoms with van der Waals surface area (Å²) in [7, 11) is 1.54. The van der Waals surface area contributed by atoms with E-state index < -0.39 is 5.97 Å². The lowest BCUT2D eigenvalue weighted by atomic mass is 10.2. The van der Waals surface area contributed by atoms with E-state index in [2.05, 4.69) is 10.3 Å². The Morgan fingerprint density at radius 2 is 2.14 bits per heavy atom.